The van der Waals surface area contributed by atoms with E-state index in [2.05, 4.69) is 48.6 Å². The van der Waals surface area contributed by atoms with E-state index >= 15 is 0 Å². The minimum Gasteiger partial charge on any atom is -0.260 e. The molecule has 0 fully saturated rings. The Morgan fingerprint density at radius 2 is 1.71 bits per heavy atom. The molecule has 2 heteroatoms. The maximum absolute atomic E-state index is 4.36. The molecule has 0 saturated carbocycles. The van der Waals surface area contributed by atoms with Gasteiger partial charge in [-0.1, -0.05) is 34.6 Å². The van der Waals surface area contributed by atoms with Crippen molar-refractivity contribution >= 4 is 15.9 Å². The first-order valence-corrected chi connectivity index (χ1v) is 5.84. The lowest BCUT2D eigenvalue weighted by Gasteiger charge is -2.19. The fraction of sp³-hybridized carbons (Fsp3) is 0.583. The number of aromatic nitrogens is 1. The van der Waals surface area contributed by atoms with Crippen LogP contribution in [0.4, 0.5) is 0 Å². The molecule has 0 aliphatic carbocycles. The number of rotatable bonds is 0. The Morgan fingerprint density at radius 3 is 2.07 bits per heavy atom. The second kappa shape index (κ2) is 5.50. The maximum Gasteiger partial charge on any atom is 0.0601 e. The summed E-state index contributed by atoms with van der Waals surface area (Å²) in [6.07, 6.45) is 1.86. The van der Waals surface area contributed by atoms with Crippen LogP contribution >= 0.6 is 15.9 Å². The SMILES string of the molecule is CC.Cc1ccnc(C(C)(C)C)c1Br. The first kappa shape index (κ1) is 13.6. The largest absolute Gasteiger partial charge is 0.260 e. The third-order valence-electron chi connectivity index (χ3n) is 1.79. The van der Waals surface area contributed by atoms with Crippen LogP contribution in [0.1, 0.15) is 45.9 Å². The summed E-state index contributed by atoms with van der Waals surface area (Å²) in [4.78, 5) is 4.36. The van der Waals surface area contributed by atoms with Crippen molar-refractivity contribution in [3.05, 3.63) is 28.0 Å². The van der Waals surface area contributed by atoms with Crippen LogP contribution in [0.2, 0.25) is 0 Å². The summed E-state index contributed by atoms with van der Waals surface area (Å²) < 4.78 is 1.14. The molecule has 1 heterocycles. The second-order valence-electron chi connectivity index (χ2n) is 4.04. The Hall–Kier alpha value is -0.370. The standard InChI is InChI=1S/C10H14BrN.C2H6/c1-7-5-6-12-9(8(7)11)10(2,3)4;1-2/h5-6H,1-4H3;1-2H3. The van der Waals surface area contributed by atoms with Crippen molar-refractivity contribution in [1.82, 2.24) is 4.98 Å². The van der Waals surface area contributed by atoms with Gasteiger partial charge in [-0.05, 0) is 34.5 Å². The smallest absolute Gasteiger partial charge is 0.0601 e. The van der Waals surface area contributed by atoms with Crippen molar-refractivity contribution in [3.63, 3.8) is 0 Å². The topological polar surface area (TPSA) is 12.9 Å². The van der Waals surface area contributed by atoms with Gasteiger partial charge in [0.05, 0.1) is 5.69 Å². The van der Waals surface area contributed by atoms with Gasteiger partial charge in [-0.2, -0.15) is 0 Å². The molecule has 1 aromatic heterocycles. The van der Waals surface area contributed by atoms with Gasteiger partial charge in [0.2, 0.25) is 0 Å². The highest BCUT2D eigenvalue weighted by atomic mass is 79.9. The third-order valence-corrected chi connectivity index (χ3v) is 2.79. The van der Waals surface area contributed by atoms with Crippen LogP contribution in [0.25, 0.3) is 0 Å². The van der Waals surface area contributed by atoms with Crippen molar-refractivity contribution < 1.29 is 0 Å². The van der Waals surface area contributed by atoms with Gasteiger partial charge in [-0.3, -0.25) is 4.98 Å². The highest BCUT2D eigenvalue weighted by Crippen LogP contribution is 2.29. The van der Waals surface area contributed by atoms with Crippen LogP contribution in [0, 0.1) is 6.92 Å². The Bertz CT molecular complexity index is 287. The molecule has 0 aliphatic rings. The summed E-state index contributed by atoms with van der Waals surface area (Å²) in [6, 6.07) is 2.01. The van der Waals surface area contributed by atoms with Crippen molar-refractivity contribution in [2.75, 3.05) is 0 Å². The third kappa shape index (κ3) is 3.41. The summed E-state index contributed by atoms with van der Waals surface area (Å²) in [5.74, 6) is 0. The van der Waals surface area contributed by atoms with E-state index in [-0.39, 0.29) is 5.41 Å². The Morgan fingerprint density at radius 1 is 1.21 bits per heavy atom. The monoisotopic (exact) mass is 257 g/mol. The fourth-order valence-corrected chi connectivity index (χ4v) is 1.89. The van der Waals surface area contributed by atoms with Crippen LogP contribution in [0.5, 0.6) is 0 Å². The van der Waals surface area contributed by atoms with Crippen LogP contribution < -0.4 is 0 Å². The van der Waals surface area contributed by atoms with Crippen LogP contribution in [0.3, 0.4) is 0 Å². The number of aryl methyl sites for hydroxylation is 1. The molecule has 0 spiro atoms. The Labute approximate surface area is 96.1 Å². The first-order chi connectivity index (χ1) is 6.43. The van der Waals surface area contributed by atoms with E-state index < -0.39 is 0 Å². The molecule has 0 radical (unpaired) electrons. The minimum atomic E-state index is 0.116. The zero-order chi connectivity index (χ0) is 11.4. The minimum absolute atomic E-state index is 0.116. The van der Waals surface area contributed by atoms with Crippen LogP contribution in [0.15, 0.2) is 16.7 Å². The van der Waals surface area contributed by atoms with E-state index in [0.717, 1.165) is 10.2 Å². The predicted octanol–water partition coefficient (Wildman–Crippen LogP) is 4.48. The highest BCUT2D eigenvalue weighted by Gasteiger charge is 2.18. The molecule has 80 valence electrons. The molecular formula is C12H20BrN. The van der Waals surface area contributed by atoms with E-state index in [9.17, 15) is 0 Å². The van der Waals surface area contributed by atoms with E-state index in [0.29, 0.717) is 0 Å². The molecule has 0 aliphatic heterocycles. The molecule has 0 unspecified atom stereocenters. The predicted molar refractivity (Wildman–Crippen MR) is 66.7 cm³/mol. The maximum atomic E-state index is 4.36. The average Bonchev–Trinajstić information content (AvgIpc) is 2.11. The van der Waals surface area contributed by atoms with Gasteiger partial charge in [0.25, 0.3) is 0 Å². The van der Waals surface area contributed by atoms with Gasteiger partial charge in [0.15, 0.2) is 0 Å². The molecule has 0 N–H and O–H groups in total. The molecule has 0 amide bonds. The van der Waals surface area contributed by atoms with Crippen molar-refractivity contribution in [2.45, 2.75) is 47.0 Å². The van der Waals surface area contributed by atoms with Gasteiger partial charge in [0.1, 0.15) is 0 Å². The van der Waals surface area contributed by atoms with Crippen molar-refractivity contribution in [3.8, 4) is 0 Å². The molecule has 1 nitrogen and oxygen atoms in total. The quantitative estimate of drug-likeness (QED) is 0.668. The van der Waals surface area contributed by atoms with Crippen LogP contribution in [-0.4, -0.2) is 4.98 Å². The van der Waals surface area contributed by atoms with Gasteiger partial charge < -0.3 is 0 Å². The van der Waals surface area contributed by atoms with E-state index in [1.54, 1.807) is 0 Å². The lowest BCUT2D eigenvalue weighted by Crippen LogP contribution is -2.14. The lowest BCUT2D eigenvalue weighted by molar-refractivity contribution is 0.564. The molecule has 1 aromatic rings. The molecule has 1 rings (SSSR count). The number of hydrogen-bond donors (Lipinski definition) is 0. The van der Waals surface area contributed by atoms with Gasteiger partial charge in [-0.25, -0.2) is 0 Å². The fourth-order valence-electron chi connectivity index (χ4n) is 1.06. The first-order valence-electron chi connectivity index (χ1n) is 5.04. The second-order valence-corrected chi connectivity index (χ2v) is 4.83. The van der Waals surface area contributed by atoms with Gasteiger partial charge >= 0.3 is 0 Å². The zero-order valence-electron chi connectivity index (χ0n) is 9.98. The normalized spacial score (nSPS) is 10.5. The molecular weight excluding hydrogens is 238 g/mol. The average molecular weight is 258 g/mol. The van der Waals surface area contributed by atoms with Gasteiger partial charge in [-0.15, -0.1) is 0 Å². The van der Waals surface area contributed by atoms with Crippen molar-refractivity contribution in [2.24, 2.45) is 0 Å². The van der Waals surface area contributed by atoms with Crippen molar-refractivity contribution in [1.29, 1.82) is 0 Å². The molecule has 0 aromatic carbocycles. The number of halogens is 1. The number of hydrogen-bond acceptors (Lipinski definition) is 1. The van der Waals surface area contributed by atoms with E-state index in [4.69, 9.17) is 0 Å². The Balaban J connectivity index is 0.000000791. The van der Waals surface area contributed by atoms with Gasteiger partial charge in [0, 0.05) is 16.1 Å². The molecule has 0 atom stereocenters. The van der Waals surface area contributed by atoms with E-state index in [1.807, 2.05) is 26.1 Å². The van der Waals surface area contributed by atoms with E-state index in [1.165, 1.54) is 5.56 Å². The lowest BCUT2D eigenvalue weighted by atomic mass is 9.91. The summed E-state index contributed by atoms with van der Waals surface area (Å²) >= 11 is 3.55. The molecule has 14 heavy (non-hydrogen) atoms. The summed E-state index contributed by atoms with van der Waals surface area (Å²) in [7, 11) is 0. The van der Waals surface area contributed by atoms with Crippen LogP contribution in [-0.2, 0) is 5.41 Å². The summed E-state index contributed by atoms with van der Waals surface area (Å²) in [6.45, 7) is 12.6. The molecule has 0 saturated heterocycles. The number of pyridine rings is 1. The Kier molecular flexibility index (Phi) is 5.35. The zero-order valence-corrected chi connectivity index (χ0v) is 11.6. The molecule has 0 bridgehead atoms. The number of nitrogens with zero attached hydrogens (tertiary/aromatic N) is 1. The summed E-state index contributed by atoms with van der Waals surface area (Å²) in [5, 5.41) is 0. The summed E-state index contributed by atoms with van der Waals surface area (Å²) in [5.41, 5.74) is 2.49. The highest BCUT2D eigenvalue weighted by molar-refractivity contribution is 9.10.